The maximum absolute atomic E-state index is 12.6. The van der Waals surface area contributed by atoms with Crippen LogP contribution in [0.1, 0.15) is 43.6 Å². The van der Waals surface area contributed by atoms with Gasteiger partial charge in [0, 0.05) is 5.69 Å². The Kier molecular flexibility index (Phi) is 7.66. The molecule has 2 N–H and O–H groups in total. The smallest absolute Gasteiger partial charge is 0.262 e. The number of nitrogens with zero attached hydrogens (tertiary/aromatic N) is 2. The van der Waals surface area contributed by atoms with Gasteiger partial charge in [-0.1, -0.05) is 50.2 Å². The topological polar surface area (TPSA) is 100 Å². The molecular weight excluding hydrogens is 452 g/mol. The summed E-state index contributed by atoms with van der Waals surface area (Å²) in [6, 6.07) is 22.9. The zero-order valence-corrected chi connectivity index (χ0v) is 20.5. The third-order valence-electron chi connectivity index (χ3n) is 5.56. The van der Waals surface area contributed by atoms with E-state index < -0.39 is 0 Å². The van der Waals surface area contributed by atoms with Crippen LogP contribution in [0.5, 0.6) is 11.5 Å². The minimum atomic E-state index is -0.258. The highest BCUT2D eigenvalue weighted by Gasteiger charge is 2.13. The highest BCUT2D eigenvalue weighted by molar-refractivity contribution is 5.93. The summed E-state index contributed by atoms with van der Waals surface area (Å²) < 4.78 is 11.5. The number of allylic oxidation sites excluding steroid dienone is 1. The maximum Gasteiger partial charge on any atom is 0.262 e. The number of benzene rings is 3. The SMILES string of the molecule is CCOc1cc(/C=C(\C#N)c2nc3ccccc3[nH]2)ccc1OCC(=O)Nc1ccccc1C(C)C. The lowest BCUT2D eigenvalue weighted by Gasteiger charge is -2.15. The van der Waals surface area contributed by atoms with Gasteiger partial charge in [-0.25, -0.2) is 4.98 Å². The molecule has 1 aromatic heterocycles. The number of carbonyl (C=O) groups excluding carboxylic acids is 1. The fourth-order valence-electron chi connectivity index (χ4n) is 3.85. The lowest BCUT2D eigenvalue weighted by atomic mass is 10.0. The molecule has 1 heterocycles. The number of rotatable bonds is 9. The number of para-hydroxylation sites is 3. The summed E-state index contributed by atoms with van der Waals surface area (Å²) >= 11 is 0. The van der Waals surface area contributed by atoms with E-state index in [-0.39, 0.29) is 18.4 Å². The molecule has 0 saturated heterocycles. The van der Waals surface area contributed by atoms with Crippen molar-refractivity contribution in [3.8, 4) is 17.6 Å². The van der Waals surface area contributed by atoms with Crippen LogP contribution in [-0.4, -0.2) is 29.1 Å². The van der Waals surface area contributed by atoms with E-state index in [0.717, 1.165) is 27.8 Å². The predicted octanol–water partition coefficient (Wildman–Crippen LogP) is 6.17. The molecule has 36 heavy (non-hydrogen) atoms. The summed E-state index contributed by atoms with van der Waals surface area (Å²) in [7, 11) is 0. The number of nitriles is 1. The van der Waals surface area contributed by atoms with E-state index >= 15 is 0 Å². The van der Waals surface area contributed by atoms with Crippen molar-refractivity contribution in [1.29, 1.82) is 5.26 Å². The Morgan fingerprint density at radius 3 is 2.61 bits per heavy atom. The second-order valence-electron chi connectivity index (χ2n) is 8.49. The number of aromatic nitrogens is 2. The molecule has 1 amide bonds. The highest BCUT2D eigenvalue weighted by Crippen LogP contribution is 2.30. The number of aromatic amines is 1. The van der Waals surface area contributed by atoms with E-state index in [4.69, 9.17) is 9.47 Å². The Morgan fingerprint density at radius 2 is 1.86 bits per heavy atom. The van der Waals surface area contributed by atoms with Gasteiger partial charge in [0.2, 0.25) is 0 Å². The zero-order chi connectivity index (χ0) is 25.5. The van der Waals surface area contributed by atoms with Gasteiger partial charge in [0.15, 0.2) is 18.1 Å². The van der Waals surface area contributed by atoms with Crippen molar-refractivity contribution in [1.82, 2.24) is 9.97 Å². The number of carbonyl (C=O) groups is 1. The molecule has 7 nitrogen and oxygen atoms in total. The molecule has 0 atom stereocenters. The summed E-state index contributed by atoms with van der Waals surface area (Å²) in [5.41, 5.74) is 4.64. The normalized spacial score (nSPS) is 11.4. The Bertz CT molecular complexity index is 1410. The number of nitrogens with one attached hydrogen (secondary N) is 2. The van der Waals surface area contributed by atoms with Gasteiger partial charge >= 0.3 is 0 Å². The van der Waals surface area contributed by atoms with Gasteiger partial charge in [-0.2, -0.15) is 5.26 Å². The van der Waals surface area contributed by atoms with Gasteiger partial charge in [-0.15, -0.1) is 0 Å². The van der Waals surface area contributed by atoms with Crippen LogP contribution in [-0.2, 0) is 4.79 Å². The van der Waals surface area contributed by atoms with Crippen LogP contribution in [0.25, 0.3) is 22.7 Å². The van der Waals surface area contributed by atoms with Crippen molar-refractivity contribution >= 4 is 34.3 Å². The molecule has 0 bridgehead atoms. The first-order chi connectivity index (χ1) is 17.5. The molecule has 0 aliphatic heterocycles. The van der Waals surface area contributed by atoms with Gasteiger partial charge in [-0.3, -0.25) is 4.79 Å². The molecule has 4 aromatic rings. The minimum Gasteiger partial charge on any atom is -0.490 e. The molecule has 0 radical (unpaired) electrons. The number of hydrogen-bond donors (Lipinski definition) is 2. The van der Waals surface area contributed by atoms with Crippen molar-refractivity contribution < 1.29 is 14.3 Å². The number of imidazole rings is 1. The fraction of sp³-hybridized carbons (Fsp3) is 0.207. The third kappa shape index (κ3) is 5.73. The van der Waals surface area contributed by atoms with Crippen molar-refractivity contribution in [3.05, 3.63) is 83.7 Å². The third-order valence-corrected chi connectivity index (χ3v) is 5.56. The lowest BCUT2D eigenvalue weighted by molar-refractivity contribution is -0.118. The fourth-order valence-corrected chi connectivity index (χ4v) is 3.85. The zero-order valence-electron chi connectivity index (χ0n) is 20.5. The Morgan fingerprint density at radius 1 is 1.08 bits per heavy atom. The molecule has 0 spiro atoms. The van der Waals surface area contributed by atoms with Gasteiger partial charge in [0.25, 0.3) is 5.91 Å². The van der Waals surface area contributed by atoms with Gasteiger partial charge in [-0.05, 0) is 60.4 Å². The molecule has 0 aliphatic carbocycles. The van der Waals surface area contributed by atoms with Crippen LogP contribution in [0.4, 0.5) is 5.69 Å². The number of amides is 1. The number of H-pyrrole nitrogens is 1. The summed E-state index contributed by atoms with van der Waals surface area (Å²) in [5, 5.41) is 12.7. The molecule has 4 rings (SSSR count). The highest BCUT2D eigenvalue weighted by atomic mass is 16.5. The first kappa shape index (κ1) is 24.6. The second kappa shape index (κ2) is 11.2. The van der Waals surface area contributed by atoms with Crippen LogP contribution in [0.2, 0.25) is 0 Å². The van der Waals surface area contributed by atoms with E-state index in [1.54, 1.807) is 18.2 Å². The molecule has 0 unspecified atom stereocenters. The molecule has 182 valence electrons. The van der Waals surface area contributed by atoms with Crippen molar-refractivity contribution in [2.75, 3.05) is 18.5 Å². The van der Waals surface area contributed by atoms with Crippen LogP contribution in [0, 0.1) is 11.3 Å². The summed E-state index contributed by atoms with van der Waals surface area (Å²) in [4.78, 5) is 20.3. The van der Waals surface area contributed by atoms with E-state index in [9.17, 15) is 10.1 Å². The van der Waals surface area contributed by atoms with Crippen LogP contribution < -0.4 is 14.8 Å². The summed E-state index contributed by atoms with van der Waals surface area (Å²) in [5.74, 6) is 1.46. The Hall–Kier alpha value is -4.57. The van der Waals surface area contributed by atoms with Crippen LogP contribution in [0.15, 0.2) is 66.7 Å². The average Bonchev–Trinajstić information content (AvgIpc) is 3.31. The molecule has 0 saturated carbocycles. The molecule has 0 fully saturated rings. The largest absolute Gasteiger partial charge is 0.490 e. The summed E-state index contributed by atoms with van der Waals surface area (Å²) in [6.07, 6.45) is 1.74. The lowest BCUT2D eigenvalue weighted by Crippen LogP contribution is -2.21. The van der Waals surface area contributed by atoms with E-state index in [2.05, 4.69) is 35.2 Å². The maximum atomic E-state index is 12.6. The standard InChI is InChI=1S/C29H28N4O3/c1-4-35-27-16-20(15-21(17-30)29-32-24-11-7-8-12-25(24)33-29)13-14-26(27)36-18-28(34)31-23-10-6-5-9-22(23)19(2)3/h5-16,19H,4,18H2,1-3H3,(H,31,34)(H,32,33)/b21-15+. The summed E-state index contributed by atoms with van der Waals surface area (Å²) in [6.45, 7) is 6.29. The van der Waals surface area contributed by atoms with Crippen LogP contribution in [0.3, 0.4) is 0 Å². The van der Waals surface area contributed by atoms with E-state index in [0.29, 0.717) is 29.5 Å². The first-order valence-electron chi connectivity index (χ1n) is 11.8. The second-order valence-corrected chi connectivity index (χ2v) is 8.49. The quantitative estimate of drug-likeness (QED) is 0.279. The first-order valence-corrected chi connectivity index (χ1v) is 11.8. The van der Waals surface area contributed by atoms with Crippen molar-refractivity contribution in [2.45, 2.75) is 26.7 Å². The molecular formula is C29H28N4O3. The van der Waals surface area contributed by atoms with Crippen molar-refractivity contribution in [3.63, 3.8) is 0 Å². The molecule has 3 aromatic carbocycles. The van der Waals surface area contributed by atoms with E-state index in [1.807, 2.05) is 61.5 Å². The minimum absolute atomic E-state index is 0.163. The molecule has 7 heteroatoms. The monoisotopic (exact) mass is 480 g/mol. The van der Waals surface area contributed by atoms with E-state index in [1.165, 1.54) is 0 Å². The van der Waals surface area contributed by atoms with Gasteiger partial charge in [0.05, 0.1) is 23.2 Å². The predicted molar refractivity (Wildman–Crippen MR) is 142 cm³/mol. The Labute approximate surface area is 210 Å². The molecule has 0 aliphatic rings. The average molecular weight is 481 g/mol. The van der Waals surface area contributed by atoms with Crippen molar-refractivity contribution in [2.24, 2.45) is 0 Å². The van der Waals surface area contributed by atoms with Gasteiger partial charge < -0.3 is 19.8 Å². The van der Waals surface area contributed by atoms with Gasteiger partial charge in [0.1, 0.15) is 11.9 Å². The number of anilines is 1. The number of fused-ring (bicyclic) bond motifs is 1. The Balaban J connectivity index is 1.50. The number of ether oxygens (including phenoxy) is 2. The van der Waals surface area contributed by atoms with Crippen LogP contribution >= 0.6 is 0 Å². The number of hydrogen-bond acceptors (Lipinski definition) is 5.